The molecule has 1 aliphatic heterocycles. The molecule has 0 aliphatic carbocycles. The fraction of sp³-hybridized carbons (Fsp3) is 0.259. The predicted octanol–water partition coefficient (Wildman–Crippen LogP) is 4.80. The van der Waals surface area contributed by atoms with Crippen LogP contribution in [-0.4, -0.2) is 51.8 Å². The monoisotopic (exact) mass is 494 g/mol. The van der Waals surface area contributed by atoms with E-state index in [2.05, 4.69) is 132 Å². The Bertz CT molecular complexity index is 1330. The largest absolute Gasteiger partial charge is 0.726 e. The van der Waals surface area contributed by atoms with Crippen LogP contribution in [0.3, 0.4) is 0 Å². The van der Waals surface area contributed by atoms with Crippen LogP contribution in [0.5, 0.6) is 0 Å². The van der Waals surface area contributed by atoms with Crippen LogP contribution in [0.4, 0.5) is 11.4 Å². The van der Waals surface area contributed by atoms with E-state index < -0.39 is 10.4 Å². The Morgan fingerprint density at radius 2 is 1.71 bits per heavy atom. The van der Waals surface area contributed by atoms with E-state index in [-0.39, 0.29) is 6.04 Å². The lowest BCUT2D eigenvalue weighted by Crippen LogP contribution is -2.30. The summed E-state index contributed by atoms with van der Waals surface area (Å²) in [5, 5.41) is 0. The molecule has 0 spiro atoms. The molecule has 1 aromatic heterocycles. The van der Waals surface area contributed by atoms with Crippen molar-refractivity contribution in [3.8, 4) is 5.69 Å². The third-order valence-corrected chi connectivity index (χ3v) is 6.40. The number of fused-ring (bicyclic) bond motifs is 1. The summed E-state index contributed by atoms with van der Waals surface area (Å²) in [6, 6.07) is 19.7. The van der Waals surface area contributed by atoms with Crippen LogP contribution < -0.4 is 9.80 Å². The zero-order valence-electron chi connectivity index (χ0n) is 21.0. The van der Waals surface area contributed by atoms with Crippen molar-refractivity contribution < 1.29 is 17.2 Å². The van der Waals surface area contributed by atoms with E-state index in [1.807, 2.05) is 0 Å². The van der Waals surface area contributed by atoms with Crippen LogP contribution in [0.25, 0.3) is 17.8 Å². The van der Waals surface area contributed by atoms with Gasteiger partial charge in [0.2, 0.25) is 10.4 Å². The molecule has 1 aliphatic rings. The third-order valence-electron chi connectivity index (χ3n) is 5.99. The normalized spacial score (nSPS) is 15.1. The molecule has 4 rings (SSSR count). The van der Waals surface area contributed by atoms with Crippen molar-refractivity contribution in [1.82, 2.24) is 4.57 Å². The van der Waals surface area contributed by atoms with Gasteiger partial charge in [0.25, 0.3) is 0 Å². The van der Waals surface area contributed by atoms with Crippen LogP contribution in [0.2, 0.25) is 0 Å². The number of anilines is 2. The standard InChI is InChI=1S/C26H29N3.CH4O4S/c1-19-17-21(20(2)29(19)24-9-7-6-8-10-24)11-13-23-14-12-22-18-25(27(3)4)15-16-26(22)28(23)5;1-5-6(2,3)4/h6-18,23H,1-5H3;1H3,(H,2,3,4)/p-1. The molecule has 1 atom stereocenters. The Kier molecular flexibility index (Phi) is 8.22. The van der Waals surface area contributed by atoms with Gasteiger partial charge in [-0.25, -0.2) is 8.42 Å². The van der Waals surface area contributed by atoms with E-state index in [1.54, 1.807) is 0 Å². The van der Waals surface area contributed by atoms with Crippen molar-refractivity contribution in [2.45, 2.75) is 19.9 Å². The summed E-state index contributed by atoms with van der Waals surface area (Å²) in [6.07, 6.45) is 9.06. The first-order valence-corrected chi connectivity index (χ1v) is 12.5. The minimum Gasteiger partial charge on any atom is -0.726 e. The Morgan fingerprint density at radius 1 is 1.06 bits per heavy atom. The highest BCUT2D eigenvalue weighted by Gasteiger charge is 2.18. The molecule has 8 heteroatoms. The molecule has 7 nitrogen and oxygen atoms in total. The molecule has 0 saturated carbocycles. The molecule has 0 N–H and O–H groups in total. The topological polar surface area (TPSA) is 77.8 Å². The molecule has 1 unspecified atom stereocenters. The van der Waals surface area contributed by atoms with Gasteiger partial charge in [-0.2, -0.15) is 0 Å². The third kappa shape index (κ3) is 6.42. The number of nitrogens with zero attached hydrogens (tertiary/aromatic N) is 3. The molecule has 0 saturated heterocycles. The molecule has 35 heavy (non-hydrogen) atoms. The van der Waals surface area contributed by atoms with Gasteiger partial charge in [0.15, 0.2) is 0 Å². The van der Waals surface area contributed by atoms with Crippen molar-refractivity contribution in [1.29, 1.82) is 0 Å². The SMILES string of the molecule is COS(=O)(=O)[O-].Cc1cc(C=CC2C=Cc3cc(N(C)C)ccc3N2C)c(C)n1-c1ccccc1. The maximum Gasteiger partial charge on any atom is 0.217 e. The molecule has 0 radical (unpaired) electrons. The highest BCUT2D eigenvalue weighted by atomic mass is 32.3. The molecular formula is C27H32N3O4S-. The van der Waals surface area contributed by atoms with Crippen molar-refractivity contribution >= 4 is 33.9 Å². The zero-order chi connectivity index (χ0) is 25.8. The zero-order valence-corrected chi connectivity index (χ0v) is 21.8. The highest BCUT2D eigenvalue weighted by molar-refractivity contribution is 7.80. The summed E-state index contributed by atoms with van der Waals surface area (Å²) in [5.74, 6) is 0. The number of hydrogen-bond acceptors (Lipinski definition) is 6. The van der Waals surface area contributed by atoms with Gasteiger partial charge in [-0.1, -0.05) is 42.5 Å². The van der Waals surface area contributed by atoms with Crippen molar-refractivity contribution in [3.63, 3.8) is 0 Å². The average Bonchev–Trinajstić information content (AvgIpc) is 3.11. The van der Waals surface area contributed by atoms with E-state index in [0.29, 0.717) is 0 Å². The molecule has 0 amide bonds. The minimum atomic E-state index is -4.41. The number of aryl methyl sites for hydroxylation is 1. The van der Waals surface area contributed by atoms with Crippen LogP contribution in [-0.2, 0) is 14.6 Å². The fourth-order valence-corrected chi connectivity index (χ4v) is 4.09. The molecule has 2 heterocycles. The maximum absolute atomic E-state index is 9.22. The van der Waals surface area contributed by atoms with Gasteiger partial charge in [-0.15, -0.1) is 0 Å². The predicted molar refractivity (Wildman–Crippen MR) is 143 cm³/mol. The van der Waals surface area contributed by atoms with Crippen molar-refractivity contribution in [3.05, 3.63) is 89.3 Å². The Hall–Kier alpha value is -3.33. The molecular weight excluding hydrogens is 462 g/mol. The number of hydrogen-bond donors (Lipinski definition) is 0. The first-order valence-electron chi connectivity index (χ1n) is 11.2. The number of benzene rings is 2. The Morgan fingerprint density at radius 3 is 2.31 bits per heavy atom. The van der Waals surface area contributed by atoms with Crippen LogP contribution in [0.15, 0.2) is 66.7 Å². The summed E-state index contributed by atoms with van der Waals surface area (Å²) in [6.45, 7) is 4.36. The van der Waals surface area contributed by atoms with Gasteiger partial charge < -0.3 is 18.9 Å². The Balaban J connectivity index is 0.000000509. The molecule has 0 fully saturated rings. The van der Waals surface area contributed by atoms with Gasteiger partial charge in [0, 0.05) is 49.6 Å². The fourth-order valence-electron chi connectivity index (χ4n) is 4.09. The number of rotatable bonds is 5. The van der Waals surface area contributed by atoms with Crippen LogP contribution in [0.1, 0.15) is 22.5 Å². The second kappa shape index (κ2) is 10.9. The summed E-state index contributed by atoms with van der Waals surface area (Å²) < 4.78 is 33.3. The summed E-state index contributed by atoms with van der Waals surface area (Å²) in [5.41, 5.74) is 8.76. The highest BCUT2D eigenvalue weighted by Crippen LogP contribution is 2.32. The lowest BCUT2D eigenvalue weighted by atomic mass is 10.0. The molecule has 3 aromatic rings. The summed E-state index contributed by atoms with van der Waals surface area (Å²) in [7, 11) is 2.72. The van der Waals surface area contributed by atoms with E-state index in [1.165, 1.54) is 39.6 Å². The first kappa shape index (κ1) is 26.3. The Labute approximate surface area is 208 Å². The second-order valence-corrected chi connectivity index (χ2v) is 9.68. The van der Waals surface area contributed by atoms with Gasteiger partial charge in [-0.05, 0) is 61.4 Å². The second-order valence-electron chi connectivity index (χ2n) is 8.53. The van der Waals surface area contributed by atoms with E-state index in [0.717, 1.165) is 7.11 Å². The van der Waals surface area contributed by atoms with Gasteiger partial charge in [0.05, 0.1) is 13.2 Å². The lowest BCUT2D eigenvalue weighted by molar-refractivity contribution is 0.314. The van der Waals surface area contributed by atoms with Crippen molar-refractivity contribution in [2.24, 2.45) is 0 Å². The van der Waals surface area contributed by atoms with Gasteiger partial charge in [-0.3, -0.25) is 4.18 Å². The molecule has 186 valence electrons. The summed E-state index contributed by atoms with van der Waals surface area (Å²) in [4.78, 5) is 4.48. The number of para-hydroxylation sites is 1. The van der Waals surface area contributed by atoms with Crippen LogP contribution in [0, 0.1) is 13.8 Å². The maximum atomic E-state index is 9.22. The van der Waals surface area contributed by atoms with E-state index in [4.69, 9.17) is 0 Å². The smallest absolute Gasteiger partial charge is 0.217 e. The van der Waals surface area contributed by atoms with Gasteiger partial charge in [0.1, 0.15) is 0 Å². The minimum absolute atomic E-state index is 0.243. The van der Waals surface area contributed by atoms with Crippen LogP contribution >= 0.6 is 0 Å². The van der Waals surface area contributed by atoms with Gasteiger partial charge >= 0.3 is 0 Å². The molecule has 0 bridgehead atoms. The number of aromatic nitrogens is 1. The average molecular weight is 495 g/mol. The molecule has 2 aromatic carbocycles. The quantitative estimate of drug-likeness (QED) is 0.375. The number of likely N-dealkylation sites (N-methyl/N-ethyl adjacent to an activating group) is 1. The van der Waals surface area contributed by atoms with E-state index >= 15 is 0 Å². The van der Waals surface area contributed by atoms with Crippen molar-refractivity contribution in [2.75, 3.05) is 38.1 Å². The first-order chi connectivity index (χ1) is 16.5. The summed E-state index contributed by atoms with van der Waals surface area (Å²) >= 11 is 0. The van der Waals surface area contributed by atoms with E-state index in [9.17, 15) is 13.0 Å². The lowest BCUT2D eigenvalue weighted by Gasteiger charge is -2.31.